The fourth-order valence-electron chi connectivity index (χ4n) is 7.94. The van der Waals surface area contributed by atoms with Gasteiger partial charge in [-0.25, -0.2) is 9.97 Å². The Bertz CT molecular complexity index is 2450. The molecular formula is C47H30N2O. The molecule has 0 bridgehead atoms. The molecule has 3 heteroatoms. The molecule has 0 amide bonds. The third-order valence-corrected chi connectivity index (χ3v) is 10.2. The molecule has 0 saturated heterocycles. The Hall–Kier alpha value is -6.58. The lowest BCUT2D eigenvalue weighted by Gasteiger charge is -2.39. The van der Waals surface area contributed by atoms with Gasteiger partial charge in [0.1, 0.15) is 11.5 Å². The molecule has 234 valence electrons. The molecule has 50 heavy (non-hydrogen) atoms. The van der Waals surface area contributed by atoms with Gasteiger partial charge in [0.15, 0.2) is 5.82 Å². The summed E-state index contributed by atoms with van der Waals surface area (Å²) in [7, 11) is 0. The molecular weight excluding hydrogens is 609 g/mol. The number of aromatic nitrogens is 2. The van der Waals surface area contributed by atoms with Crippen LogP contribution in [0.5, 0.6) is 11.5 Å². The van der Waals surface area contributed by atoms with Gasteiger partial charge in [0.05, 0.1) is 16.8 Å². The molecule has 1 aromatic heterocycles. The lowest BCUT2D eigenvalue weighted by Crippen LogP contribution is -2.32. The molecule has 0 fully saturated rings. The number of hydrogen-bond acceptors (Lipinski definition) is 3. The Morgan fingerprint density at radius 3 is 1.48 bits per heavy atom. The van der Waals surface area contributed by atoms with E-state index in [1.54, 1.807) is 0 Å². The number of ether oxygens (including phenoxy) is 1. The predicted molar refractivity (Wildman–Crippen MR) is 201 cm³/mol. The molecule has 10 rings (SSSR count). The van der Waals surface area contributed by atoms with Gasteiger partial charge in [-0.15, -0.1) is 0 Å². The fraction of sp³-hybridized carbons (Fsp3) is 0.0213. The summed E-state index contributed by atoms with van der Waals surface area (Å²) in [5.41, 5.74) is 14.1. The van der Waals surface area contributed by atoms with Crippen molar-refractivity contribution in [1.82, 2.24) is 9.97 Å². The number of para-hydroxylation sites is 1. The summed E-state index contributed by atoms with van der Waals surface area (Å²) in [4.78, 5) is 9.98. The highest BCUT2D eigenvalue weighted by molar-refractivity contribution is 5.89. The number of fused-ring (bicyclic) bond motifs is 9. The smallest absolute Gasteiger partial charge is 0.160 e. The van der Waals surface area contributed by atoms with Crippen LogP contribution in [0.3, 0.4) is 0 Å². The zero-order valence-corrected chi connectivity index (χ0v) is 27.1. The van der Waals surface area contributed by atoms with Crippen molar-refractivity contribution in [3.63, 3.8) is 0 Å². The van der Waals surface area contributed by atoms with Gasteiger partial charge in [-0.3, -0.25) is 0 Å². The van der Waals surface area contributed by atoms with Crippen LogP contribution < -0.4 is 4.74 Å². The topological polar surface area (TPSA) is 35.0 Å². The second kappa shape index (κ2) is 11.3. The third-order valence-electron chi connectivity index (χ3n) is 10.2. The first kappa shape index (κ1) is 28.4. The van der Waals surface area contributed by atoms with Gasteiger partial charge in [-0.05, 0) is 51.6 Å². The molecule has 3 nitrogen and oxygen atoms in total. The van der Waals surface area contributed by atoms with Crippen molar-refractivity contribution in [1.29, 1.82) is 0 Å². The van der Waals surface area contributed by atoms with E-state index in [1.807, 2.05) is 36.4 Å². The van der Waals surface area contributed by atoms with Crippen molar-refractivity contribution < 1.29 is 4.74 Å². The van der Waals surface area contributed by atoms with Crippen LogP contribution in [0.4, 0.5) is 0 Å². The summed E-state index contributed by atoms with van der Waals surface area (Å²) < 4.78 is 6.74. The van der Waals surface area contributed by atoms with Crippen molar-refractivity contribution in [3.05, 3.63) is 204 Å². The van der Waals surface area contributed by atoms with Crippen LogP contribution in [-0.4, -0.2) is 9.97 Å². The Labute approximate surface area is 291 Å². The standard InChI is InChI=1S/C47H30N2O/c1-3-13-32(14-4-1)42-30-43(49-46(48-42)34-15-5-2-6-16-34)33-25-23-31(24-26-33)35-27-28-41-45(29-35)50-44-22-12-11-21-40(44)47(41)38-19-9-7-17-36(38)37-18-8-10-20-39(37)47/h1-30H. The molecule has 1 aliphatic carbocycles. The summed E-state index contributed by atoms with van der Waals surface area (Å²) >= 11 is 0. The van der Waals surface area contributed by atoms with Gasteiger partial charge in [0, 0.05) is 27.8 Å². The lowest BCUT2D eigenvalue weighted by molar-refractivity contribution is 0.436. The van der Waals surface area contributed by atoms with Crippen molar-refractivity contribution >= 4 is 0 Å². The van der Waals surface area contributed by atoms with Gasteiger partial charge in [-0.2, -0.15) is 0 Å². The highest BCUT2D eigenvalue weighted by atomic mass is 16.5. The molecule has 0 saturated carbocycles. The molecule has 0 radical (unpaired) electrons. The van der Waals surface area contributed by atoms with Crippen LogP contribution in [0.1, 0.15) is 22.3 Å². The SMILES string of the molecule is c1ccc(-c2cc(-c3ccc(-c4ccc5c(c4)Oc4ccccc4C54c5ccccc5-c5ccccc54)cc3)nc(-c3ccccc3)n2)cc1. The van der Waals surface area contributed by atoms with Gasteiger partial charge < -0.3 is 4.74 Å². The third kappa shape index (κ3) is 4.30. The Balaban J connectivity index is 1.08. The van der Waals surface area contributed by atoms with E-state index in [9.17, 15) is 0 Å². The summed E-state index contributed by atoms with van der Waals surface area (Å²) in [5.74, 6) is 2.49. The maximum Gasteiger partial charge on any atom is 0.160 e. The monoisotopic (exact) mass is 638 g/mol. The number of benzene rings is 7. The lowest BCUT2D eigenvalue weighted by atomic mass is 9.66. The average molecular weight is 639 g/mol. The molecule has 0 unspecified atom stereocenters. The van der Waals surface area contributed by atoms with Gasteiger partial charge in [-0.1, -0.05) is 164 Å². The number of hydrogen-bond donors (Lipinski definition) is 0. The minimum Gasteiger partial charge on any atom is -0.457 e. The van der Waals surface area contributed by atoms with Gasteiger partial charge in [0.2, 0.25) is 0 Å². The van der Waals surface area contributed by atoms with Crippen LogP contribution in [0, 0.1) is 0 Å². The van der Waals surface area contributed by atoms with Crippen LogP contribution >= 0.6 is 0 Å². The first-order valence-electron chi connectivity index (χ1n) is 17.0. The summed E-state index contributed by atoms with van der Waals surface area (Å²) in [6, 6.07) is 64.1. The average Bonchev–Trinajstić information content (AvgIpc) is 3.49. The van der Waals surface area contributed by atoms with E-state index < -0.39 is 5.41 Å². The highest BCUT2D eigenvalue weighted by Gasteiger charge is 2.50. The van der Waals surface area contributed by atoms with E-state index in [0.717, 1.165) is 56.3 Å². The van der Waals surface area contributed by atoms with Crippen LogP contribution in [0.2, 0.25) is 0 Å². The first-order valence-corrected chi connectivity index (χ1v) is 17.0. The van der Waals surface area contributed by atoms with Crippen molar-refractivity contribution in [2.75, 3.05) is 0 Å². The molecule has 0 atom stereocenters. The van der Waals surface area contributed by atoms with Crippen molar-refractivity contribution in [2.45, 2.75) is 5.41 Å². The van der Waals surface area contributed by atoms with E-state index in [2.05, 4.69) is 146 Å². The van der Waals surface area contributed by atoms with E-state index in [4.69, 9.17) is 14.7 Å². The maximum absolute atomic E-state index is 6.74. The summed E-state index contributed by atoms with van der Waals surface area (Å²) in [6.45, 7) is 0. The van der Waals surface area contributed by atoms with Gasteiger partial charge in [0.25, 0.3) is 0 Å². The van der Waals surface area contributed by atoms with E-state index in [-0.39, 0.29) is 0 Å². The molecule has 1 spiro atoms. The number of nitrogens with zero attached hydrogens (tertiary/aromatic N) is 2. The van der Waals surface area contributed by atoms with Crippen LogP contribution in [0.15, 0.2) is 182 Å². The predicted octanol–water partition coefficient (Wildman–Crippen LogP) is 11.6. The zero-order valence-electron chi connectivity index (χ0n) is 27.1. The Morgan fingerprint density at radius 1 is 0.340 bits per heavy atom. The van der Waals surface area contributed by atoms with Crippen LogP contribution in [-0.2, 0) is 5.41 Å². The molecule has 1 aliphatic heterocycles. The first-order chi connectivity index (χ1) is 24.8. The fourth-order valence-corrected chi connectivity index (χ4v) is 7.94. The normalized spacial score (nSPS) is 13.1. The van der Waals surface area contributed by atoms with Crippen LogP contribution in [0.25, 0.3) is 56.2 Å². The zero-order chi connectivity index (χ0) is 33.1. The molecule has 8 aromatic rings. The minimum absolute atomic E-state index is 0.459. The van der Waals surface area contributed by atoms with E-state index in [0.29, 0.717) is 5.82 Å². The Morgan fingerprint density at radius 2 is 0.820 bits per heavy atom. The molecule has 7 aromatic carbocycles. The second-order valence-corrected chi connectivity index (χ2v) is 12.9. The van der Waals surface area contributed by atoms with Crippen molar-refractivity contribution in [2.24, 2.45) is 0 Å². The largest absolute Gasteiger partial charge is 0.457 e. The minimum atomic E-state index is -0.459. The van der Waals surface area contributed by atoms with E-state index >= 15 is 0 Å². The number of rotatable bonds is 4. The van der Waals surface area contributed by atoms with Gasteiger partial charge >= 0.3 is 0 Å². The highest BCUT2D eigenvalue weighted by Crippen LogP contribution is 2.62. The molecule has 2 heterocycles. The quantitative estimate of drug-likeness (QED) is 0.192. The molecule has 2 aliphatic rings. The second-order valence-electron chi connectivity index (χ2n) is 12.9. The molecule has 0 N–H and O–H groups in total. The Kier molecular flexibility index (Phi) is 6.40. The summed E-state index contributed by atoms with van der Waals surface area (Å²) in [6.07, 6.45) is 0. The van der Waals surface area contributed by atoms with Crippen molar-refractivity contribution in [3.8, 4) is 67.7 Å². The van der Waals surface area contributed by atoms with E-state index in [1.165, 1.54) is 27.8 Å². The maximum atomic E-state index is 6.74. The summed E-state index contributed by atoms with van der Waals surface area (Å²) in [5, 5.41) is 0.